The number of ether oxygens (including phenoxy) is 1. The number of methoxy groups -OCH3 is 1. The van der Waals surface area contributed by atoms with Gasteiger partial charge in [-0.2, -0.15) is 17.5 Å². The Hall–Kier alpha value is -3.37. The van der Waals surface area contributed by atoms with E-state index in [0.29, 0.717) is 53.3 Å². The molecule has 0 saturated carbocycles. The number of benzene rings is 3. The Morgan fingerprint density at radius 1 is 1.00 bits per heavy atom. The van der Waals surface area contributed by atoms with Crippen molar-refractivity contribution in [3.05, 3.63) is 78.2 Å². The fraction of sp³-hybridized carbons (Fsp3) is 0.240. The number of rotatable bonds is 5. The van der Waals surface area contributed by atoms with Gasteiger partial charge in [0, 0.05) is 6.54 Å². The normalized spacial score (nSPS) is 17.2. The molecule has 1 aromatic heterocycles. The molecule has 0 aliphatic carbocycles. The van der Waals surface area contributed by atoms with Crippen molar-refractivity contribution in [2.45, 2.75) is 30.0 Å². The second-order valence-electron chi connectivity index (χ2n) is 8.26. The van der Waals surface area contributed by atoms with Crippen LogP contribution in [0.4, 0.5) is 13.2 Å². The molecule has 1 saturated heterocycles. The molecule has 1 aliphatic heterocycles. The molecule has 2 heterocycles. The van der Waals surface area contributed by atoms with Crippen LogP contribution in [-0.2, 0) is 16.2 Å². The maximum Gasteiger partial charge on any atom is 0.416 e. The molecule has 1 atom stereocenters. The van der Waals surface area contributed by atoms with E-state index in [2.05, 4.69) is 4.98 Å². The molecule has 35 heavy (non-hydrogen) atoms. The lowest BCUT2D eigenvalue weighted by Gasteiger charge is -2.21. The van der Waals surface area contributed by atoms with Crippen LogP contribution in [0.5, 0.6) is 5.75 Å². The second kappa shape index (κ2) is 8.69. The molecule has 10 heteroatoms. The van der Waals surface area contributed by atoms with Gasteiger partial charge in [0.25, 0.3) is 0 Å². The molecule has 182 valence electrons. The highest BCUT2D eigenvalue weighted by molar-refractivity contribution is 7.89. The van der Waals surface area contributed by atoms with Gasteiger partial charge in [0.1, 0.15) is 17.3 Å². The Morgan fingerprint density at radius 2 is 1.69 bits per heavy atom. The van der Waals surface area contributed by atoms with Crippen LogP contribution in [0.2, 0.25) is 0 Å². The van der Waals surface area contributed by atoms with E-state index in [9.17, 15) is 21.6 Å². The maximum atomic E-state index is 13.3. The lowest BCUT2D eigenvalue weighted by atomic mass is 10.0. The van der Waals surface area contributed by atoms with Crippen LogP contribution in [-0.4, -0.2) is 31.4 Å². The molecule has 0 spiro atoms. The lowest BCUT2D eigenvalue weighted by Crippen LogP contribution is -2.30. The fourth-order valence-electron chi connectivity index (χ4n) is 4.28. The highest BCUT2D eigenvalue weighted by Crippen LogP contribution is 2.38. The Labute approximate surface area is 200 Å². The summed E-state index contributed by atoms with van der Waals surface area (Å²) in [6.45, 7) is 0.342. The number of hydrogen-bond donors (Lipinski definition) is 0. The van der Waals surface area contributed by atoms with Gasteiger partial charge in [-0.05, 0) is 72.5 Å². The average Bonchev–Trinajstić information content (AvgIpc) is 3.50. The number of aromatic nitrogens is 1. The predicted octanol–water partition coefficient (Wildman–Crippen LogP) is 6.05. The summed E-state index contributed by atoms with van der Waals surface area (Å²) in [5.41, 5.74) is 1.55. The highest BCUT2D eigenvalue weighted by Gasteiger charge is 2.39. The summed E-state index contributed by atoms with van der Waals surface area (Å²) >= 11 is 0. The van der Waals surface area contributed by atoms with Crippen molar-refractivity contribution in [3.8, 4) is 16.9 Å². The second-order valence-corrected chi connectivity index (χ2v) is 10.1. The van der Waals surface area contributed by atoms with E-state index in [-0.39, 0.29) is 4.90 Å². The van der Waals surface area contributed by atoms with Gasteiger partial charge >= 0.3 is 6.18 Å². The SMILES string of the molecule is COc1ccc(S(=O)(=O)N2CCC[C@@H]2c2nc3cc(-c4ccc(C(F)(F)F)cc4)ccc3o2)cc1. The first kappa shape index (κ1) is 23.4. The van der Waals surface area contributed by atoms with Crippen LogP contribution in [0.3, 0.4) is 0 Å². The third kappa shape index (κ3) is 4.39. The van der Waals surface area contributed by atoms with Gasteiger partial charge in [-0.15, -0.1) is 0 Å². The molecule has 6 nitrogen and oxygen atoms in total. The minimum absolute atomic E-state index is 0.158. The average molecular weight is 503 g/mol. The van der Waals surface area contributed by atoms with E-state index >= 15 is 0 Å². The number of oxazole rings is 1. The topological polar surface area (TPSA) is 72.6 Å². The molecule has 3 aromatic carbocycles. The third-order valence-corrected chi connectivity index (χ3v) is 8.03. The summed E-state index contributed by atoms with van der Waals surface area (Å²) in [4.78, 5) is 4.71. The van der Waals surface area contributed by atoms with E-state index in [0.717, 1.165) is 12.1 Å². The standard InChI is InChI=1S/C25H21F3N2O4S/c1-33-19-9-11-20(12-10-19)35(31,32)30-14-2-3-22(30)24-29-21-15-17(6-13-23(21)34-24)16-4-7-18(8-5-16)25(26,27)28/h4-13,15,22H,2-3,14H2,1H3/t22-/m1/s1. The molecule has 0 amide bonds. The quantitative estimate of drug-likeness (QED) is 0.332. The van der Waals surface area contributed by atoms with Crippen molar-refractivity contribution < 1.29 is 30.7 Å². The Balaban J connectivity index is 1.44. The smallest absolute Gasteiger partial charge is 0.416 e. The highest BCUT2D eigenvalue weighted by atomic mass is 32.2. The molecule has 5 rings (SSSR count). The fourth-order valence-corrected chi connectivity index (χ4v) is 5.93. The summed E-state index contributed by atoms with van der Waals surface area (Å²) < 4.78 is 77.6. The molecule has 0 unspecified atom stereocenters. The van der Waals surface area contributed by atoms with Crippen LogP contribution >= 0.6 is 0 Å². The van der Waals surface area contributed by atoms with Crippen LogP contribution in [0.15, 0.2) is 76.0 Å². The summed E-state index contributed by atoms with van der Waals surface area (Å²) in [5.74, 6) is 0.851. The molecule has 4 aromatic rings. The van der Waals surface area contributed by atoms with E-state index in [1.807, 2.05) is 0 Å². The molecular weight excluding hydrogens is 481 g/mol. The van der Waals surface area contributed by atoms with E-state index in [1.165, 1.54) is 35.7 Å². The maximum absolute atomic E-state index is 13.3. The number of nitrogens with zero attached hydrogens (tertiary/aromatic N) is 2. The molecule has 1 fully saturated rings. The lowest BCUT2D eigenvalue weighted by molar-refractivity contribution is -0.137. The monoisotopic (exact) mass is 502 g/mol. The number of sulfonamides is 1. The first-order chi connectivity index (χ1) is 16.7. The van der Waals surface area contributed by atoms with Crippen LogP contribution in [0, 0.1) is 0 Å². The third-order valence-electron chi connectivity index (χ3n) is 6.10. The summed E-state index contributed by atoms with van der Waals surface area (Å²) in [7, 11) is -2.27. The molecule has 0 bridgehead atoms. The van der Waals surface area contributed by atoms with Crippen molar-refractivity contribution in [2.75, 3.05) is 13.7 Å². The number of halogens is 3. The van der Waals surface area contributed by atoms with Crippen molar-refractivity contribution in [1.82, 2.24) is 9.29 Å². The van der Waals surface area contributed by atoms with Crippen LogP contribution < -0.4 is 4.74 Å². The van der Waals surface area contributed by atoms with Crippen molar-refractivity contribution >= 4 is 21.1 Å². The number of alkyl halides is 3. The zero-order valence-corrected chi connectivity index (χ0v) is 19.4. The Kier molecular flexibility index (Phi) is 5.80. The zero-order chi connectivity index (χ0) is 24.8. The van der Waals surface area contributed by atoms with Crippen LogP contribution in [0.25, 0.3) is 22.2 Å². The van der Waals surface area contributed by atoms with Gasteiger partial charge < -0.3 is 9.15 Å². The van der Waals surface area contributed by atoms with Gasteiger partial charge in [0.15, 0.2) is 5.58 Å². The first-order valence-corrected chi connectivity index (χ1v) is 12.3. The van der Waals surface area contributed by atoms with E-state index < -0.39 is 27.8 Å². The van der Waals surface area contributed by atoms with Crippen molar-refractivity contribution in [2.24, 2.45) is 0 Å². The molecule has 0 N–H and O–H groups in total. The van der Waals surface area contributed by atoms with Gasteiger partial charge in [0.05, 0.1) is 17.6 Å². The summed E-state index contributed by atoms with van der Waals surface area (Å²) in [6.07, 6.45) is -3.17. The Bertz CT molecular complexity index is 1460. The molecule has 0 radical (unpaired) electrons. The van der Waals surface area contributed by atoms with Gasteiger partial charge in [-0.3, -0.25) is 0 Å². The first-order valence-electron chi connectivity index (χ1n) is 10.9. The summed E-state index contributed by atoms with van der Waals surface area (Å²) in [5, 5.41) is 0. The van der Waals surface area contributed by atoms with Crippen LogP contribution in [0.1, 0.15) is 30.3 Å². The van der Waals surface area contributed by atoms with Crippen molar-refractivity contribution in [1.29, 1.82) is 0 Å². The number of fused-ring (bicyclic) bond motifs is 1. The Morgan fingerprint density at radius 3 is 2.34 bits per heavy atom. The minimum Gasteiger partial charge on any atom is -0.497 e. The van der Waals surface area contributed by atoms with E-state index in [4.69, 9.17) is 9.15 Å². The van der Waals surface area contributed by atoms with Gasteiger partial charge in [-0.1, -0.05) is 18.2 Å². The summed E-state index contributed by atoms with van der Waals surface area (Å²) in [6, 6.07) is 15.7. The molecular formula is C25H21F3N2O4S. The van der Waals surface area contributed by atoms with E-state index in [1.54, 1.807) is 30.3 Å². The number of hydrogen-bond acceptors (Lipinski definition) is 5. The predicted molar refractivity (Wildman–Crippen MR) is 123 cm³/mol. The largest absolute Gasteiger partial charge is 0.497 e. The zero-order valence-electron chi connectivity index (χ0n) is 18.6. The molecule has 1 aliphatic rings. The van der Waals surface area contributed by atoms with Crippen molar-refractivity contribution in [3.63, 3.8) is 0 Å². The van der Waals surface area contributed by atoms with Gasteiger partial charge in [0.2, 0.25) is 15.9 Å². The van der Waals surface area contributed by atoms with Gasteiger partial charge in [-0.25, -0.2) is 13.4 Å². The minimum atomic E-state index is -4.40.